The molecule has 1 aliphatic rings. The second-order valence-electron chi connectivity index (χ2n) is 4.84. The zero-order chi connectivity index (χ0) is 12.3. The molecule has 0 radical (unpaired) electrons. The van der Waals surface area contributed by atoms with Crippen LogP contribution in [0.4, 0.5) is 0 Å². The van der Waals surface area contributed by atoms with Gasteiger partial charge in [0.05, 0.1) is 18.2 Å². The van der Waals surface area contributed by atoms with Gasteiger partial charge in [0.1, 0.15) is 0 Å². The van der Waals surface area contributed by atoms with Crippen LogP contribution in [-0.4, -0.2) is 29.5 Å². The van der Waals surface area contributed by atoms with Crippen molar-refractivity contribution in [1.29, 1.82) is 0 Å². The second-order valence-corrected chi connectivity index (χ2v) is 4.84. The third-order valence-electron chi connectivity index (χ3n) is 3.77. The van der Waals surface area contributed by atoms with Crippen LogP contribution in [0, 0.1) is 0 Å². The fourth-order valence-electron chi connectivity index (χ4n) is 2.55. The molecule has 3 nitrogen and oxygen atoms in total. The van der Waals surface area contributed by atoms with Gasteiger partial charge in [-0.25, -0.2) is 0 Å². The number of hydrogen-bond acceptors (Lipinski definition) is 3. The number of nitrogens with one attached hydrogen (secondary N) is 1. The monoisotopic (exact) mass is 235 g/mol. The van der Waals surface area contributed by atoms with Crippen LogP contribution < -0.4 is 5.32 Å². The average Bonchev–Trinajstić information content (AvgIpc) is 2.76. The van der Waals surface area contributed by atoms with E-state index in [1.807, 2.05) is 19.1 Å². The fourth-order valence-corrected chi connectivity index (χ4v) is 2.55. The van der Waals surface area contributed by atoms with E-state index in [9.17, 15) is 10.2 Å². The highest BCUT2D eigenvalue weighted by molar-refractivity contribution is 5.38. The van der Waals surface area contributed by atoms with Gasteiger partial charge in [0.15, 0.2) is 0 Å². The van der Waals surface area contributed by atoms with Crippen molar-refractivity contribution in [3.8, 4) is 0 Å². The van der Waals surface area contributed by atoms with Gasteiger partial charge in [-0.05, 0) is 30.4 Å². The van der Waals surface area contributed by atoms with Gasteiger partial charge < -0.3 is 15.5 Å². The molecule has 0 saturated carbocycles. The van der Waals surface area contributed by atoms with Crippen LogP contribution in [0.2, 0.25) is 0 Å². The van der Waals surface area contributed by atoms with Crippen LogP contribution >= 0.6 is 0 Å². The first-order chi connectivity index (χ1) is 8.22. The van der Waals surface area contributed by atoms with Gasteiger partial charge in [-0.2, -0.15) is 0 Å². The Morgan fingerprint density at radius 3 is 2.88 bits per heavy atom. The van der Waals surface area contributed by atoms with Crippen molar-refractivity contribution >= 4 is 0 Å². The molecule has 0 fully saturated rings. The average molecular weight is 235 g/mol. The normalized spacial score (nSPS) is 24.6. The summed E-state index contributed by atoms with van der Waals surface area (Å²) in [4.78, 5) is 0. The Kier molecular flexibility index (Phi) is 3.82. The number of hydrogen-bond donors (Lipinski definition) is 3. The maximum atomic E-state index is 9.70. The number of aliphatic hydroxyl groups excluding tert-OH is 2. The van der Waals surface area contributed by atoms with E-state index in [0.717, 1.165) is 19.3 Å². The highest BCUT2D eigenvalue weighted by Gasteiger charge is 2.37. The molecular weight excluding hydrogens is 214 g/mol. The molecule has 0 aliphatic heterocycles. The summed E-state index contributed by atoms with van der Waals surface area (Å²) < 4.78 is 0. The molecular formula is C14H21NO2. The Bertz CT molecular complexity index is 380. The first-order valence-electron chi connectivity index (χ1n) is 6.34. The SMILES string of the molecule is CCC(O)CNC1(CO)CCc2ccccc21. The Hall–Kier alpha value is -0.900. The number of benzene rings is 1. The quantitative estimate of drug-likeness (QED) is 0.718. The summed E-state index contributed by atoms with van der Waals surface area (Å²) in [6.45, 7) is 2.58. The molecule has 0 saturated heterocycles. The lowest BCUT2D eigenvalue weighted by atomic mass is 9.92. The third kappa shape index (κ3) is 2.37. The Labute approximate surface area is 102 Å². The smallest absolute Gasteiger partial charge is 0.0675 e. The largest absolute Gasteiger partial charge is 0.394 e. The molecule has 0 aromatic heterocycles. The summed E-state index contributed by atoms with van der Waals surface area (Å²) in [5, 5.41) is 22.7. The molecule has 1 aromatic rings. The van der Waals surface area contributed by atoms with E-state index < -0.39 is 0 Å². The van der Waals surface area contributed by atoms with Gasteiger partial charge in [0, 0.05) is 6.54 Å². The first-order valence-corrected chi connectivity index (χ1v) is 6.34. The highest BCUT2D eigenvalue weighted by Crippen LogP contribution is 2.36. The summed E-state index contributed by atoms with van der Waals surface area (Å²) >= 11 is 0. The van der Waals surface area contributed by atoms with Crippen LogP contribution in [0.25, 0.3) is 0 Å². The first kappa shape index (κ1) is 12.6. The van der Waals surface area contributed by atoms with E-state index in [0.29, 0.717) is 6.54 Å². The molecule has 3 N–H and O–H groups in total. The molecule has 2 atom stereocenters. The molecule has 3 heteroatoms. The molecule has 1 aliphatic carbocycles. The van der Waals surface area contributed by atoms with Gasteiger partial charge in [0.2, 0.25) is 0 Å². The Balaban J connectivity index is 2.16. The van der Waals surface area contributed by atoms with Crippen molar-refractivity contribution in [1.82, 2.24) is 5.32 Å². The van der Waals surface area contributed by atoms with Crippen LogP contribution in [0.15, 0.2) is 24.3 Å². The number of aliphatic hydroxyl groups is 2. The minimum atomic E-state index is -0.354. The second kappa shape index (κ2) is 5.17. The lowest BCUT2D eigenvalue weighted by molar-refractivity contribution is 0.117. The molecule has 0 heterocycles. The van der Waals surface area contributed by atoms with Crippen LogP contribution in [-0.2, 0) is 12.0 Å². The summed E-state index contributed by atoms with van der Waals surface area (Å²) in [5.41, 5.74) is 2.14. The van der Waals surface area contributed by atoms with Crippen molar-refractivity contribution in [3.05, 3.63) is 35.4 Å². The summed E-state index contributed by atoms with van der Waals surface area (Å²) in [7, 11) is 0. The molecule has 0 spiro atoms. The molecule has 0 bridgehead atoms. The minimum Gasteiger partial charge on any atom is -0.394 e. The molecule has 1 aromatic carbocycles. The van der Waals surface area contributed by atoms with E-state index in [1.165, 1.54) is 11.1 Å². The lowest BCUT2D eigenvalue weighted by Crippen LogP contribution is -2.46. The van der Waals surface area contributed by atoms with Gasteiger partial charge in [-0.1, -0.05) is 31.2 Å². The van der Waals surface area contributed by atoms with Crippen LogP contribution in [0.5, 0.6) is 0 Å². The maximum absolute atomic E-state index is 9.70. The van der Waals surface area contributed by atoms with Gasteiger partial charge in [-0.15, -0.1) is 0 Å². The van der Waals surface area contributed by atoms with E-state index in [-0.39, 0.29) is 18.2 Å². The summed E-state index contributed by atoms with van der Waals surface area (Å²) in [6, 6.07) is 8.23. The lowest BCUT2D eigenvalue weighted by Gasteiger charge is -2.30. The molecule has 17 heavy (non-hydrogen) atoms. The molecule has 0 amide bonds. The maximum Gasteiger partial charge on any atom is 0.0675 e. The fraction of sp³-hybridized carbons (Fsp3) is 0.571. The van der Waals surface area contributed by atoms with Crippen molar-refractivity contribution in [3.63, 3.8) is 0 Å². The van der Waals surface area contributed by atoms with Crippen molar-refractivity contribution in [2.24, 2.45) is 0 Å². The summed E-state index contributed by atoms with van der Waals surface area (Å²) in [6.07, 6.45) is 2.28. The van der Waals surface area contributed by atoms with Crippen molar-refractivity contribution in [2.45, 2.75) is 37.8 Å². The van der Waals surface area contributed by atoms with Crippen molar-refractivity contribution < 1.29 is 10.2 Å². The van der Waals surface area contributed by atoms with Crippen molar-refractivity contribution in [2.75, 3.05) is 13.2 Å². The van der Waals surface area contributed by atoms with E-state index in [2.05, 4.69) is 17.4 Å². The molecule has 2 rings (SSSR count). The molecule has 2 unspecified atom stereocenters. The zero-order valence-corrected chi connectivity index (χ0v) is 10.3. The predicted octanol–water partition coefficient (Wildman–Crippen LogP) is 1.18. The topological polar surface area (TPSA) is 52.5 Å². The zero-order valence-electron chi connectivity index (χ0n) is 10.3. The van der Waals surface area contributed by atoms with Crippen LogP contribution in [0.3, 0.4) is 0 Å². The van der Waals surface area contributed by atoms with E-state index >= 15 is 0 Å². The van der Waals surface area contributed by atoms with Gasteiger partial charge >= 0.3 is 0 Å². The number of aryl methyl sites for hydroxylation is 1. The van der Waals surface area contributed by atoms with Gasteiger partial charge in [0.25, 0.3) is 0 Å². The van der Waals surface area contributed by atoms with E-state index in [4.69, 9.17) is 0 Å². The Morgan fingerprint density at radius 1 is 1.41 bits per heavy atom. The third-order valence-corrected chi connectivity index (χ3v) is 3.77. The predicted molar refractivity (Wildman–Crippen MR) is 67.8 cm³/mol. The van der Waals surface area contributed by atoms with Crippen LogP contribution in [0.1, 0.15) is 30.9 Å². The molecule has 94 valence electrons. The number of rotatable bonds is 5. The summed E-state index contributed by atoms with van der Waals surface area (Å²) in [5.74, 6) is 0. The number of fused-ring (bicyclic) bond motifs is 1. The Morgan fingerprint density at radius 2 is 2.18 bits per heavy atom. The standard InChI is InChI=1S/C14H21NO2/c1-2-12(17)9-15-14(10-16)8-7-11-5-3-4-6-13(11)14/h3-6,12,15-17H,2,7-10H2,1H3. The van der Waals surface area contributed by atoms with Gasteiger partial charge in [-0.3, -0.25) is 0 Å². The highest BCUT2D eigenvalue weighted by atomic mass is 16.3. The van der Waals surface area contributed by atoms with E-state index in [1.54, 1.807) is 0 Å². The minimum absolute atomic E-state index is 0.0838.